The molecule has 0 spiro atoms. The number of hydrogen-bond acceptors (Lipinski definition) is 5. The topological polar surface area (TPSA) is 82.0 Å². The first-order chi connectivity index (χ1) is 15.1. The number of nitrogens with one attached hydrogen (secondary N) is 1. The van der Waals surface area contributed by atoms with Gasteiger partial charge in [-0.05, 0) is 54.3 Å². The molecule has 2 atom stereocenters. The number of phenols is 1. The van der Waals surface area contributed by atoms with Crippen molar-refractivity contribution in [2.45, 2.75) is 38.8 Å². The van der Waals surface area contributed by atoms with Gasteiger partial charge in [-0.2, -0.15) is 0 Å². The van der Waals surface area contributed by atoms with E-state index in [0.29, 0.717) is 24.3 Å². The van der Waals surface area contributed by atoms with Crippen molar-refractivity contribution in [1.29, 1.82) is 0 Å². The van der Waals surface area contributed by atoms with Crippen molar-refractivity contribution in [3.8, 4) is 5.75 Å². The van der Waals surface area contributed by atoms with E-state index in [1.165, 1.54) is 17.2 Å². The molecule has 0 amide bonds. The molecule has 0 radical (unpaired) electrons. The normalized spacial score (nSPS) is 13.1. The number of aromatic hydroxyl groups is 1. The molecule has 0 aliphatic heterocycles. The van der Waals surface area contributed by atoms with Crippen LogP contribution < -0.4 is 5.32 Å². The number of ether oxygens (including phenoxy) is 1. The van der Waals surface area contributed by atoms with Crippen LogP contribution in [0.5, 0.6) is 5.75 Å². The quantitative estimate of drug-likeness (QED) is 0.352. The average molecular weight is 422 g/mol. The number of rotatable bonds is 11. The molecule has 0 bridgehead atoms. The number of aliphatic hydroxyl groups excluding tert-OH is 2. The third-order valence-corrected chi connectivity index (χ3v) is 5.35. The molecular weight excluding hydrogens is 390 g/mol. The molecule has 0 aromatic heterocycles. The predicted molar refractivity (Wildman–Crippen MR) is 122 cm³/mol. The van der Waals surface area contributed by atoms with Crippen LogP contribution in [0.1, 0.15) is 46.9 Å². The zero-order valence-corrected chi connectivity index (χ0v) is 17.9. The summed E-state index contributed by atoms with van der Waals surface area (Å²) >= 11 is 0. The first kappa shape index (κ1) is 23.0. The third-order valence-electron chi connectivity index (χ3n) is 5.35. The van der Waals surface area contributed by atoms with Crippen molar-refractivity contribution in [2.24, 2.45) is 0 Å². The highest BCUT2D eigenvalue weighted by atomic mass is 16.5. The number of hydrogen-bond donors (Lipinski definition) is 4. The van der Waals surface area contributed by atoms with E-state index < -0.39 is 6.10 Å². The standard InChI is InChI=1S/C26H31NO4/c1-19(22-8-3-2-4-9-22)31-18-21-7-5-6-20(14-21)12-13-27-16-26(30)23-10-11-25(29)24(15-23)17-28/h2-11,14-15,19,26-30H,12-13,16-18H2,1H3/t19-,26+/m1/s1. The Morgan fingerprint density at radius 3 is 2.45 bits per heavy atom. The third kappa shape index (κ3) is 6.91. The fourth-order valence-electron chi connectivity index (χ4n) is 3.45. The fraction of sp³-hybridized carbons (Fsp3) is 0.308. The molecule has 0 aliphatic carbocycles. The molecule has 0 heterocycles. The highest BCUT2D eigenvalue weighted by molar-refractivity contribution is 5.36. The van der Waals surface area contributed by atoms with Crippen LogP contribution in [-0.2, 0) is 24.4 Å². The average Bonchev–Trinajstić information content (AvgIpc) is 2.81. The lowest BCUT2D eigenvalue weighted by Gasteiger charge is -2.15. The van der Waals surface area contributed by atoms with E-state index in [1.807, 2.05) is 24.3 Å². The zero-order chi connectivity index (χ0) is 22.1. The molecule has 0 aliphatic rings. The smallest absolute Gasteiger partial charge is 0.121 e. The van der Waals surface area contributed by atoms with E-state index in [9.17, 15) is 15.3 Å². The number of aliphatic hydroxyl groups is 2. The van der Waals surface area contributed by atoms with Gasteiger partial charge in [0.1, 0.15) is 5.75 Å². The molecule has 3 aromatic rings. The Kier molecular flexibility index (Phi) is 8.62. The second-order valence-electron chi connectivity index (χ2n) is 7.70. The van der Waals surface area contributed by atoms with Crippen molar-refractivity contribution >= 4 is 0 Å². The Balaban J connectivity index is 1.44. The fourth-order valence-corrected chi connectivity index (χ4v) is 3.45. The Labute approximate surface area is 184 Å². The summed E-state index contributed by atoms with van der Waals surface area (Å²) in [6.45, 7) is 3.49. The molecular formula is C26H31NO4. The molecule has 5 heteroatoms. The van der Waals surface area contributed by atoms with Gasteiger partial charge >= 0.3 is 0 Å². The summed E-state index contributed by atoms with van der Waals surface area (Å²) in [5.74, 6) is 0.0356. The van der Waals surface area contributed by atoms with Crippen molar-refractivity contribution in [3.05, 3.63) is 101 Å². The van der Waals surface area contributed by atoms with Crippen LogP contribution in [0.4, 0.5) is 0 Å². The summed E-state index contributed by atoms with van der Waals surface area (Å²) in [7, 11) is 0. The van der Waals surface area contributed by atoms with Gasteiger partial charge < -0.3 is 25.4 Å². The highest BCUT2D eigenvalue weighted by Crippen LogP contribution is 2.22. The summed E-state index contributed by atoms with van der Waals surface area (Å²) in [5.41, 5.74) is 4.60. The Morgan fingerprint density at radius 2 is 1.68 bits per heavy atom. The minimum Gasteiger partial charge on any atom is -0.508 e. The van der Waals surface area contributed by atoms with Gasteiger partial charge in [0.25, 0.3) is 0 Å². The van der Waals surface area contributed by atoms with Gasteiger partial charge in [-0.1, -0.05) is 60.7 Å². The summed E-state index contributed by atoms with van der Waals surface area (Å²) in [4.78, 5) is 0. The molecule has 31 heavy (non-hydrogen) atoms. The monoisotopic (exact) mass is 421 g/mol. The van der Waals surface area contributed by atoms with Gasteiger partial charge in [-0.15, -0.1) is 0 Å². The second kappa shape index (κ2) is 11.6. The minimum absolute atomic E-state index is 0.0356. The van der Waals surface area contributed by atoms with E-state index >= 15 is 0 Å². The van der Waals surface area contributed by atoms with Crippen LogP contribution in [0, 0.1) is 0 Å². The molecule has 4 N–H and O–H groups in total. The molecule has 0 saturated carbocycles. The van der Waals surface area contributed by atoms with Crippen molar-refractivity contribution in [2.75, 3.05) is 13.1 Å². The van der Waals surface area contributed by atoms with Crippen molar-refractivity contribution in [1.82, 2.24) is 5.32 Å². The summed E-state index contributed by atoms with van der Waals surface area (Å²) in [5, 5.41) is 32.5. The molecule has 164 valence electrons. The Hall–Kier alpha value is -2.70. The summed E-state index contributed by atoms with van der Waals surface area (Å²) in [6.07, 6.45) is 0.177. The van der Waals surface area contributed by atoms with E-state index in [2.05, 4.69) is 42.6 Å². The van der Waals surface area contributed by atoms with Gasteiger partial charge in [0.15, 0.2) is 0 Å². The van der Waals surface area contributed by atoms with Gasteiger partial charge in [0.2, 0.25) is 0 Å². The summed E-state index contributed by atoms with van der Waals surface area (Å²) < 4.78 is 6.02. The predicted octanol–water partition coefficient (Wildman–Crippen LogP) is 4.03. The van der Waals surface area contributed by atoms with Crippen LogP contribution in [0.15, 0.2) is 72.8 Å². The lowest BCUT2D eigenvalue weighted by Crippen LogP contribution is -2.23. The van der Waals surface area contributed by atoms with E-state index in [4.69, 9.17) is 4.74 Å². The second-order valence-corrected chi connectivity index (χ2v) is 7.70. The van der Waals surface area contributed by atoms with Crippen molar-refractivity contribution in [3.63, 3.8) is 0 Å². The van der Waals surface area contributed by atoms with Crippen LogP contribution in [0.25, 0.3) is 0 Å². The zero-order valence-electron chi connectivity index (χ0n) is 17.9. The van der Waals surface area contributed by atoms with Gasteiger partial charge in [0, 0.05) is 12.1 Å². The lowest BCUT2D eigenvalue weighted by atomic mass is 10.0. The first-order valence-corrected chi connectivity index (χ1v) is 10.6. The Morgan fingerprint density at radius 1 is 0.903 bits per heavy atom. The van der Waals surface area contributed by atoms with Gasteiger partial charge in [-0.3, -0.25) is 0 Å². The molecule has 0 fully saturated rings. The maximum atomic E-state index is 10.3. The SMILES string of the molecule is C[C@@H](OCc1cccc(CCNC[C@H](O)c2ccc(O)c(CO)c2)c1)c1ccccc1. The molecule has 5 nitrogen and oxygen atoms in total. The maximum absolute atomic E-state index is 10.3. The van der Waals surface area contributed by atoms with Crippen LogP contribution >= 0.6 is 0 Å². The highest BCUT2D eigenvalue weighted by Gasteiger charge is 2.10. The van der Waals surface area contributed by atoms with Gasteiger partial charge in [-0.25, -0.2) is 0 Å². The minimum atomic E-state index is -0.704. The van der Waals surface area contributed by atoms with E-state index in [1.54, 1.807) is 12.1 Å². The lowest BCUT2D eigenvalue weighted by molar-refractivity contribution is 0.0525. The first-order valence-electron chi connectivity index (χ1n) is 10.6. The van der Waals surface area contributed by atoms with Crippen molar-refractivity contribution < 1.29 is 20.1 Å². The maximum Gasteiger partial charge on any atom is 0.121 e. The molecule has 3 rings (SSSR count). The van der Waals surface area contributed by atoms with Crippen LogP contribution in [0.3, 0.4) is 0 Å². The molecule has 3 aromatic carbocycles. The number of benzene rings is 3. The van der Waals surface area contributed by atoms with Crippen LogP contribution in [0.2, 0.25) is 0 Å². The van der Waals surface area contributed by atoms with E-state index in [0.717, 1.165) is 18.5 Å². The largest absolute Gasteiger partial charge is 0.508 e. The van der Waals surface area contributed by atoms with Crippen LogP contribution in [-0.4, -0.2) is 28.4 Å². The van der Waals surface area contributed by atoms with E-state index in [-0.39, 0.29) is 18.5 Å². The summed E-state index contributed by atoms with van der Waals surface area (Å²) in [6, 6.07) is 23.3. The van der Waals surface area contributed by atoms with Gasteiger partial charge in [0.05, 0.1) is 25.4 Å². The molecule has 0 unspecified atom stereocenters. The Bertz CT molecular complexity index is 945. The molecule has 0 saturated heterocycles.